The monoisotopic (exact) mass is 453 g/mol. The summed E-state index contributed by atoms with van der Waals surface area (Å²) in [5.41, 5.74) is 1.12. The van der Waals surface area contributed by atoms with E-state index in [0.29, 0.717) is 27.6 Å². The lowest BCUT2D eigenvalue weighted by Crippen LogP contribution is -2.28. The van der Waals surface area contributed by atoms with Crippen LogP contribution in [-0.4, -0.2) is 39.5 Å². The Bertz CT molecular complexity index is 847. The van der Waals surface area contributed by atoms with Crippen molar-refractivity contribution in [3.05, 3.63) is 20.7 Å². The summed E-state index contributed by atoms with van der Waals surface area (Å²) in [6, 6.07) is 0. The van der Waals surface area contributed by atoms with Gasteiger partial charge in [0.25, 0.3) is 5.91 Å². The molecule has 0 saturated carbocycles. The molecule has 7 nitrogen and oxygen atoms in total. The minimum absolute atomic E-state index is 0.229. The van der Waals surface area contributed by atoms with Crippen LogP contribution >= 0.6 is 27.3 Å². The lowest BCUT2D eigenvalue weighted by atomic mass is 9.95. The first-order valence-electron chi connectivity index (χ1n) is 9.05. The molecule has 0 spiro atoms. The molecule has 1 amide bonds. The van der Waals surface area contributed by atoms with E-state index in [2.05, 4.69) is 36.2 Å². The zero-order valence-corrected chi connectivity index (χ0v) is 18.2. The summed E-state index contributed by atoms with van der Waals surface area (Å²) in [6.07, 6.45) is 5.38. The smallest absolute Gasteiger partial charge is 0.275 e. The van der Waals surface area contributed by atoms with Crippen LogP contribution in [0.5, 0.6) is 0 Å². The zero-order valence-electron chi connectivity index (χ0n) is 15.8. The lowest BCUT2D eigenvalue weighted by Gasteiger charge is -2.24. The third kappa shape index (κ3) is 4.76. The summed E-state index contributed by atoms with van der Waals surface area (Å²) in [6.45, 7) is 5.28. The van der Waals surface area contributed by atoms with Crippen molar-refractivity contribution in [3.63, 3.8) is 0 Å². The number of amides is 1. The third-order valence-electron chi connectivity index (χ3n) is 4.86. The van der Waals surface area contributed by atoms with Gasteiger partial charge in [-0.2, -0.15) is 5.10 Å². The Balaban J connectivity index is 1.75. The number of nitrogens with zero attached hydrogens (tertiary/aromatic N) is 4. The second kappa shape index (κ2) is 8.52. The first-order valence-corrected chi connectivity index (χ1v) is 10.7. The highest BCUT2D eigenvalue weighted by Gasteiger charge is 2.24. The van der Waals surface area contributed by atoms with Crippen molar-refractivity contribution in [1.82, 2.24) is 14.8 Å². The van der Waals surface area contributed by atoms with E-state index < -0.39 is 0 Å². The Hall–Kier alpha value is -1.74. The fourth-order valence-corrected chi connectivity index (χ4v) is 5.17. The van der Waals surface area contributed by atoms with Crippen LogP contribution in [0.2, 0.25) is 0 Å². The fourth-order valence-electron chi connectivity index (χ4n) is 3.64. The molecule has 1 atom stereocenters. The minimum Gasteiger partial charge on any atom is -0.355 e. The number of ketones is 1. The van der Waals surface area contributed by atoms with Crippen LogP contribution in [0.25, 0.3) is 0 Å². The standard InChI is InChI=1S/C18H24BrN5O2S/c1-11(25)9-13-5-4-7-24(8-6-13)17-14(10-20-23(17)3)21-16(26)15-12(2)27-18(19)22-15/h10,13H,4-9H2,1-3H3,(H,21,26)/t13-/m1/s1. The molecule has 1 fully saturated rings. The van der Waals surface area contributed by atoms with E-state index >= 15 is 0 Å². The van der Waals surface area contributed by atoms with Gasteiger partial charge < -0.3 is 15.0 Å². The molecule has 3 heterocycles. The Morgan fingerprint density at radius 2 is 2.15 bits per heavy atom. The number of Topliss-reactive ketones (excluding diaryl/α,β-unsaturated/α-hetero) is 1. The van der Waals surface area contributed by atoms with Gasteiger partial charge in [-0.1, -0.05) is 0 Å². The first-order chi connectivity index (χ1) is 12.8. The molecule has 3 rings (SSSR count). The molecule has 1 aliphatic heterocycles. The van der Waals surface area contributed by atoms with E-state index in [4.69, 9.17) is 0 Å². The Kier molecular flexibility index (Phi) is 6.31. The number of aryl methyl sites for hydroxylation is 2. The maximum Gasteiger partial charge on any atom is 0.275 e. The number of hydrogen-bond acceptors (Lipinski definition) is 6. The third-order valence-corrected chi connectivity index (χ3v) is 6.29. The molecule has 0 aliphatic carbocycles. The Labute approximate surface area is 171 Å². The van der Waals surface area contributed by atoms with Gasteiger partial charge in [-0.15, -0.1) is 11.3 Å². The van der Waals surface area contributed by atoms with Crippen molar-refractivity contribution < 1.29 is 9.59 Å². The SMILES string of the molecule is CC(=O)C[C@@H]1CCCN(c2c(NC(=O)c3nc(Br)sc3C)cnn2C)CC1. The largest absolute Gasteiger partial charge is 0.355 e. The number of thiazole rings is 1. The topological polar surface area (TPSA) is 80.1 Å². The summed E-state index contributed by atoms with van der Waals surface area (Å²) in [7, 11) is 1.88. The van der Waals surface area contributed by atoms with E-state index in [-0.39, 0.29) is 11.7 Å². The van der Waals surface area contributed by atoms with E-state index in [1.54, 1.807) is 17.8 Å². The van der Waals surface area contributed by atoms with Crippen molar-refractivity contribution >= 4 is 50.5 Å². The van der Waals surface area contributed by atoms with Crippen LogP contribution in [0.1, 0.15) is 48.0 Å². The zero-order chi connectivity index (χ0) is 19.6. The van der Waals surface area contributed by atoms with E-state index in [0.717, 1.165) is 43.0 Å². The molecule has 9 heteroatoms. The second-order valence-electron chi connectivity index (χ2n) is 7.02. The molecule has 27 heavy (non-hydrogen) atoms. The van der Waals surface area contributed by atoms with Crippen LogP contribution in [0, 0.1) is 12.8 Å². The summed E-state index contributed by atoms with van der Waals surface area (Å²) in [5, 5.41) is 7.31. The van der Waals surface area contributed by atoms with Gasteiger partial charge >= 0.3 is 0 Å². The van der Waals surface area contributed by atoms with Crippen molar-refractivity contribution in [1.29, 1.82) is 0 Å². The molecule has 1 aliphatic rings. The predicted molar refractivity (Wildman–Crippen MR) is 111 cm³/mol. The van der Waals surface area contributed by atoms with Gasteiger partial charge in [0.05, 0.1) is 6.20 Å². The van der Waals surface area contributed by atoms with Crippen molar-refractivity contribution in [2.45, 2.75) is 39.5 Å². The molecule has 146 valence electrons. The maximum absolute atomic E-state index is 12.7. The minimum atomic E-state index is -0.229. The average Bonchev–Trinajstić information content (AvgIpc) is 3.02. The van der Waals surface area contributed by atoms with Crippen LogP contribution in [0.3, 0.4) is 0 Å². The number of anilines is 2. The molecule has 1 saturated heterocycles. The first kappa shape index (κ1) is 20.0. The maximum atomic E-state index is 12.7. The van der Waals surface area contributed by atoms with E-state index in [1.165, 1.54) is 11.3 Å². The number of hydrogen-bond donors (Lipinski definition) is 1. The van der Waals surface area contributed by atoms with Gasteiger partial charge in [0.2, 0.25) is 0 Å². The quantitative estimate of drug-likeness (QED) is 0.744. The van der Waals surface area contributed by atoms with Gasteiger partial charge in [0.1, 0.15) is 17.2 Å². The second-order valence-corrected chi connectivity index (χ2v) is 9.50. The molecule has 0 aromatic carbocycles. The average molecular weight is 454 g/mol. The van der Waals surface area contributed by atoms with Gasteiger partial charge in [-0.25, -0.2) is 4.98 Å². The van der Waals surface area contributed by atoms with Gasteiger partial charge in [0, 0.05) is 31.4 Å². The van der Waals surface area contributed by atoms with E-state index in [1.807, 2.05) is 14.0 Å². The molecule has 2 aromatic heterocycles. The normalized spacial score (nSPS) is 17.6. The van der Waals surface area contributed by atoms with Crippen molar-refractivity contribution in [2.24, 2.45) is 13.0 Å². The molecule has 0 unspecified atom stereocenters. The molecule has 2 aromatic rings. The molecule has 1 N–H and O–H groups in total. The predicted octanol–water partition coefficient (Wildman–Crippen LogP) is 3.79. The molecular weight excluding hydrogens is 430 g/mol. The molecular formula is C18H24BrN5O2S. The van der Waals surface area contributed by atoms with Crippen LogP contribution in [0.15, 0.2) is 10.1 Å². The number of carbonyl (C=O) groups is 2. The molecule has 0 radical (unpaired) electrons. The number of halogens is 1. The van der Waals surface area contributed by atoms with Gasteiger partial charge in [-0.05, 0) is 55.0 Å². The number of aromatic nitrogens is 3. The number of carbonyl (C=O) groups excluding carboxylic acids is 2. The summed E-state index contributed by atoms with van der Waals surface area (Å²) < 4.78 is 2.49. The van der Waals surface area contributed by atoms with Crippen molar-refractivity contribution in [3.8, 4) is 0 Å². The van der Waals surface area contributed by atoms with Crippen LogP contribution < -0.4 is 10.2 Å². The Morgan fingerprint density at radius 3 is 2.81 bits per heavy atom. The summed E-state index contributed by atoms with van der Waals surface area (Å²) >= 11 is 4.77. The summed E-state index contributed by atoms with van der Waals surface area (Å²) in [5.74, 6) is 1.37. The van der Waals surface area contributed by atoms with Gasteiger partial charge in [0.15, 0.2) is 9.73 Å². The highest BCUT2D eigenvalue weighted by Crippen LogP contribution is 2.31. The lowest BCUT2D eigenvalue weighted by molar-refractivity contribution is -0.117. The summed E-state index contributed by atoms with van der Waals surface area (Å²) in [4.78, 5) is 31.5. The fraction of sp³-hybridized carbons (Fsp3) is 0.556. The van der Waals surface area contributed by atoms with Crippen molar-refractivity contribution in [2.75, 3.05) is 23.3 Å². The number of rotatable bonds is 5. The Morgan fingerprint density at radius 1 is 1.37 bits per heavy atom. The van der Waals surface area contributed by atoms with Crippen LogP contribution in [0.4, 0.5) is 11.5 Å². The van der Waals surface area contributed by atoms with Crippen LogP contribution in [-0.2, 0) is 11.8 Å². The highest BCUT2D eigenvalue weighted by molar-refractivity contribution is 9.11. The molecule has 0 bridgehead atoms. The highest BCUT2D eigenvalue weighted by atomic mass is 79.9. The van der Waals surface area contributed by atoms with Gasteiger partial charge in [-0.3, -0.25) is 9.48 Å². The van der Waals surface area contributed by atoms with E-state index in [9.17, 15) is 9.59 Å². The number of nitrogens with one attached hydrogen (secondary N) is 1.